The number of aliphatic imine (C=N–C) groups is 1. The maximum Gasteiger partial charge on any atom is 0.252 e. The summed E-state index contributed by atoms with van der Waals surface area (Å²) >= 11 is 3.47. The molecule has 1 N–H and O–H groups in total. The monoisotopic (exact) mass is 590 g/mol. The minimum atomic E-state index is -0.368. The molecule has 2 aliphatic carbocycles. The Morgan fingerprint density at radius 1 is 1.13 bits per heavy atom. The Balaban J connectivity index is 1.36. The van der Waals surface area contributed by atoms with Crippen LogP contribution in [-0.2, 0) is 7.05 Å². The third-order valence-electron chi connectivity index (χ3n) is 9.49. The molecule has 2 fully saturated rings. The molecule has 2 saturated carbocycles. The molecule has 2 aromatic heterocycles. The van der Waals surface area contributed by atoms with Crippen LogP contribution in [0.15, 0.2) is 40.1 Å². The van der Waals surface area contributed by atoms with Crippen LogP contribution in [0.1, 0.15) is 87.1 Å². The van der Waals surface area contributed by atoms with Gasteiger partial charge in [-0.2, -0.15) is 0 Å². The summed E-state index contributed by atoms with van der Waals surface area (Å²) in [6.07, 6.45) is 12.6. The van der Waals surface area contributed by atoms with Gasteiger partial charge in [0, 0.05) is 49.5 Å². The van der Waals surface area contributed by atoms with Crippen molar-refractivity contribution >= 4 is 38.6 Å². The van der Waals surface area contributed by atoms with Crippen molar-refractivity contribution in [2.75, 3.05) is 13.6 Å². The molecule has 2 atom stereocenters. The average Bonchev–Trinajstić information content (AvgIpc) is 3.54. The number of rotatable bonds is 6. The number of hydrogen-bond acceptors (Lipinski definition) is 5. The molecular weight excluding hydrogens is 552 g/mol. The Bertz CT molecular complexity index is 1420. The number of amidine groups is 1. The number of benzene rings is 1. The van der Waals surface area contributed by atoms with Gasteiger partial charge in [0.05, 0.1) is 21.7 Å². The molecule has 1 amide bonds. The van der Waals surface area contributed by atoms with Gasteiger partial charge in [0.15, 0.2) is 5.82 Å². The summed E-state index contributed by atoms with van der Waals surface area (Å²) in [6, 6.07) is 6.48. The molecule has 0 radical (unpaired) electrons. The summed E-state index contributed by atoms with van der Waals surface area (Å²) < 4.78 is 3.05. The Labute approximate surface area is 239 Å². The smallest absolute Gasteiger partial charge is 0.252 e. The van der Waals surface area contributed by atoms with E-state index < -0.39 is 0 Å². The van der Waals surface area contributed by atoms with Gasteiger partial charge in [0.1, 0.15) is 5.84 Å². The van der Waals surface area contributed by atoms with Crippen molar-refractivity contribution in [2.45, 2.75) is 82.7 Å². The van der Waals surface area contributed by atoms with Crippen LogP contribution in [0.25, 0.3) is 22.4 Å². The first-order chi connectivity index (χ1) is 18.8. The van der Waals surface area contributed by atoms with Crippen LogP contribution in [0, 0.1) is 5.92 Å². The molecule has 0 saturated heterocycles. The van der Waals surface area contributed by atoms with E-state index in [1.165, 1.54) is 36.6 Å². The molecule has 3 heterocycles. The highest BCUT2D eigenvalue weighted by atomic mass is 79.9. The van der Waals surface area contributed by atoms with Gasteiger partial charge in [-0.25, -0.2) is 9.97 Å². The molecule has 39 heavy (non-hydrogen) atoms. The van der Waals surface area contributed by atoms with E-state index >= 15 is 0 Å². The minimum absolute atomic E-state index is 0.0250. The second kappa shape index (κ2) is 10.3. The molecule has 0 bridgehead atoms. The summed E-state index contributed by atoms with van der Waals surface area (Å²) in [6.45, 7) is 5.45. The lowest BCUT2D eigenvalue weighted by molar-refractivity contribution is 0.0876. The first-order valence-electron chi connectivity index (χ1n) is 14.5. The molecule has 7 nitrogen and oxygen atoms in total. The maximum atomic E-state index is 13.8. The molecule has 206 valence electrons. The molecule has 0 unspecified atom stereocenters. The van der Waals surface area contributed by atoms with Gasteiger partial charge in [-0.15, -0.1) is 0 Å². The highest BCUT2D eigenvalue weighted by Crippen LogP contribution is 2.44. The van der Waals surface area contributed by atoms with E-state index in [1.807, 2.05) is 18.5 Å². The second-order valence-corrected chi connectivity index (χ2v) is 12.8. The fraction of sp³-hybridized carbons (Fsp3) is 0.548. The predicted molar refractivity (Wildman–Crippen MR) is 160 cm³/mol. The number of likely N-dealkylation sites (N-methyl/N-ethyl adjacent to an activating group) is 1. The number of halogens is 1. The predicted octanol–water partition coefficient (Wildman–Crippen LogP) is 6.47. The van der Waals surface area contributed by atoms with Crippen LogP contribution in [0.4, 0.5) is 0 Å². The number of hydrogen-bond donors (Lipinski definition) is 1. The van der Waals surface area contributed by atoms with Crippen LogP contribution in [0.3, 0.4) is 0 Å². The third-order valence-corrected chi connectivity index (χ3v) is 9.90. The summed E-state index contributed by atoms with van der Waals surface area (Å²) in [4.78, 5) is 30.5. The number of nitrogens with one attached hydrogen (secondary N) is 1. The van der Waals surface area contributed by atoms with E-state index in [4.69, 9.17) is 4.99 Å². The van der Waals surface area contributed by atoms with Gasteiger partial charge in [-0.3, -0.25) is 9.79 Å². The number of carbonyl (C=O) groups excluding carboxylic acids is 1. The fourth-order valence-electron chi connectivity index (χ4n) is 7.11. The van der Waals surface area contributed by atoms with Gasteiger partial charge in [-0.1, -0.05) is 25.8 Å². The van der Waals surface area contributed by atoms with Crippen LogP contribution in [0.2, 0.25) is 0 Å². The van der Waals surface area contributed by atoms with Gasteiger partial charge in [0.2, 0.25) is 0 Å². The first-order valence-corrected chi connectivity index (χ1v) is 15.3. The van der Waals surface area contributed by atoms with E-state index in [1.54, 1.807) is 0 Å². The van der Waals surface area contributed by atoms with E-state index in [0.717, 1.165) is 59.6 Å². The van der Waals surface area contributed by atoms with Crippen molar-refractivity contribution in [1.82, 2.24) is 24.8 Å². The van der Waals surface area contributed by atoms with E-state index in [2.05, 4.69) is 80.8 Å². The zero-order valence-corrected chi connectivity index (χ0v) is 25.1. The van der Waals surface area contributed by atoms with Gasteiger partial charge < -0.3 is 14.8 Å². The Morgan fingerprint density at radius 3 is 2.49 bits per heavy atom. The van der Waals surface area contributed by atoms with Crippen molar-refractivity contribution in [3.8, 4) is 11.5 Å². The van der Waals surface area contributed by atoms with E-state index in [9.17, 15) is 4.79 Å². The fourth-order valence-corrected chi connectivity index (χ4v) is 7.32. The number of aromatic nitrogens is 3. The lowest BCUT2D eigenvalue weighted by Gasteiger charge is -2.49. The zero-order chi connectivity index (χ0) is 27.3. The number of amides is 1. The summed E-state index contributed by atoms with van der Waals surface area (Å²) in [5, 5.41) is 4.65. The molecule has 0 spiro atoms. The average molecular weight is 592 g/mol. The quantitative estimate of drug-likeness (QED) is 0.357. The lowest BCUT2D eigenvalue weighted by atomic mass is 9.74. The molecule has 1 aromatic carbocycles. The standard InChI is InChI=1S/C31H39BrN6O/c1-5-20-18-37(3)30(35-19(20)2)31(13-8-14-31)36-29(39)22-11-12-24-25(15-22)38(4)27(26(24)21-9-6-7-10-21)28-33-16-23(32)17-34-28/h11-12,15-17,19-21H,5-10,13-14,18H2,1-4H3,(H,36,39)/t19-,20+/m1/s1. The summed E-state index contributed by atoms with van der Waals surface area (Å²) in [7, 11) is 4.21. The van der Waals surface area contributed by atoms with E-state index in [0.29, 0.717) is 17.4 Å². The van der Waals surface area contributed by atoms with E-state index in [-0.39, 0.29) is 17.5 Å². The van der Waals surface area contributed by atoms with Crippen molar-refractivity contribution in [3.63, 3.8) is 0 Å². The van der Waals surface area contributed by atoms with Crippen LogP contribution < -0.4 is 5.32 Å². The lowest BCUT2D eigenvalue weighted by Crippen LogP contribution is -2.65. The number of aryl methyl sites for hydroxylation is 1. The molecular formula is C31H39BrN6O. The number of carbonyl (C=O) groups is 1. The van der Waals surface area contributed by atoms with Crippen LogP contribution in [0.5, 0.6) is 0 Å². The third kappa shape index (κ3) is 4.58. The SMILES string of the molecule is CC[C@H]1CN(C)C(C2(NC(=O)c3ccc4c(C5CCCC5)c(-c5ncc(Br)cn5)n(C)c4c3)CCC2)=N[C@@H]1C. The Kier molecular flexibility index (Phi) is 7.02. The Morgan fingerprint density at radius 2 is 1.85 bits per heavy atom. The first kappa shape index (κ1) is 26.5. The highest BCUT2D eigenvalue weighted by Gasteiger charge is 2.47. The van der Waals surface area contributed by atoms with Crippen LogP contribution >= 0.6 is 15.9 Å². The van der Waals surface area contributed by atoms with Crippen molar-refractivity contribution in [3.05, 3.63) is 46.2 Å². The Hall–Kier alpha value is -2.74. The number of nitrogens with zero attached hydrogens (tertiary/aromatic N) is 5. The minimum Gasteiger partial charge on any atom is -0.361 e. The molecule has 8 heteroatoms. The van der Waals surface area contributed by atoms with Crippen molar-refractivity contribution in [1.29, 1.82) is 0 Å². The molecule has 6 rings (SSSR count). The summed E-state index contributed by atoms with van der Waals surface area (Å²) in [5.74, 6) is 2.81. The van der Waals surface area contributed by atoms with Gasteiger partial charge in [0.25, 0.3) is 5.91 Å². The topological polar surface area (TPSA) is 75.4 Å². The van der Waals surface area contributed by atoms with Crippen molar-refractivity contribution in [2.24, 2.45) is 18.0 Å². The summed E-state index contributed by atoms with van der Waals surface area (Å²) in [5.41, 5.74) is 3.77. The van der Waals surface area contributed by atoms with Gasteiger partial charge >= 0.3 is 0 Å². The highest BCUT2D eigenvalue weighted by molar-refractivity contribution is 9.10. The second-order valence-electron chi connectivity index (χ2n) is 11.9. The molecule has 3 aromatic rings. The largest absolute Gasteiger partial charge is 0.361 e. The van der Waals surface area contributed by atoms with Gasteiger partial charge in [-0.05, 0) is 90.9 Å². The van der Waals surface area contributed by atoms with Crippen LogP contribution in [-0.4, -0.2) is 56.4 Å². The normalized spacial score (nSPS) is 23.1. The number of fused-ring (bicyclic) bond motifs is 1. The molecule has 1 aliphatic heterocycles. The molecule has 3 aliphatic rings. The maximum absolute atomic E-state index is 13.8. The zero-order valence-electron chi connectivity index (χ0n) is 23.5. The van der Waals surface area contributed by atoms with Crippen molar-refractivity contribution < 1.29 is 4.79 Å².